The van der Waals surface area contributed by atoms with Crippen molar-refractivity contribution in [2.75, 3.05) is 26.4 Å². The van der Waals surface area contributed by atoms with E-state index < -0.39 is 45.1 Å². The van der Waals surface area contributed by atoms with Gasteiger partial charge in [0.05, 0.1) is 19.8 Å². The van der Waals surface area contributed by atoms with Crippen LogP contribution in [0.5, 0.6) is 0 Å². The molecule has 11 heteroatoms. The van der Waals surface area contributed by atoms with E-state index in [-0.39, 0.29) is 13.0 Å². The van der Waals surface area contributed by atoms with Crippen LogP contribution >= 0.6 is 7.82 Å². The molecule has 60 heavy (non-hydrogen) atoms. The molecule has 0 aromatic rings. The van der Waals surface area contributed by atoms with Crippen LogP contribution in [0.1, 0.15) is 213 Å². The van der Waals surface area contributed by atoms with Crippen molar-refractivity contribution in [1.29, 1.82) is 0 Å². The minimum Gasteiger partial charge on any atom is -0.480 e. The highest BCUT2D eigenvalue weighted by molar-refractivity contribution is 7.47. The molecule has 0 rings (SSSR count). The minimum atomic E-state index is -4.62. The fourth-order valence-corrected chi connectivity index (χ4v) is 7.43. The zero-order valence-electron chi connectivity index (χ0n) is 38.3. The molecule has 0 fully saturated rings. The lowest BCUT2D eigenvalue weighted by molar-refractivity contribution is -0.154. The Kier molecular flexibility index (Phi) is 43.4. The number of nitrogens with two attached hydrogens (primary N) is 1. The van der Waals surface area contributed by atoms with Crippen molar-refractivity contribution in [3.05, 3.63) is 48.6 Å². The van der Waals surface area contributed by atoms with Crippen LogP contribution in [-0.4, -0.2) is 60.5 Å². The van der Waals surface area contributed by atoms with Crippen molar-refractivity contribution in [2.45, 2.75) is 225 Å². The first kappa shape index (κ1) is 57.9. The van der Waals surface area contributed by atoms with Gasteiger partial charge in [-0.15, -0.1) is 0 Å². The van der Waals surface area contributed by atoms with Crippen LogP contribution < -0.4 is 5.73 Å². The third kappa shape index (κ3) is 44.0. The maximum atomic E-state index is 12.7. The first-order chi connectivity index (χ1) is 29.2. The predicted molar refractivity (Wildman–Crippen MR) is 249 cm³/mol. The highest BCUT2D eigenvalue weighted by atomic mass is 31.2. The van der Waals surface area contributed by atoms with Gasteiger partial charge in [0, 0.05) is 13.0 Å². The number of phosphoric acid groups is 1. The van der Waals surface area contributed by atoms with Crippen LogP contribution in [0.3, 0.4) is 0 Å². The summed E-state index contributed by atoms with van der Waals surface area (Å²) < 4.78 is 33.5. The van der Waals surface area contributed by atoms with Crippen molar-refractivity contribution in [3.63, 3.8) is 0 Å². The van der Waals surface area contributed by atoms with Gasteiger partial charge in [-0.05, 0) is 51.4 Å². The summed E-state index contributed by atoms with van der Waals surface area (Å²) in [7, 11) is -4.62. The second kappa shape index (κ2) is 45.0. The Labute approximate surface area is 367 Å². The summed E-state index contributed by atoms with van der Waals surface area (Å²) in [5.41, 5.74) is 5.37. The molecule has 3 unspecified atom stereocenters. The van der Waals surface area contributed by atoms with Gasteiger partial charge in [0.1, 0.15) is 12.1 Å². The molecule has 0 aliphatic carbocycles. The maximum absolute atomic E-state index is 12.7. The number of hydrogen-bond acceptors (Lipinski definition) is 8. The van der Waals surface area contributed by atoms with Crippen LogP contribution in [0.15, 0.2) is 48.6 Å². The molecule has 10 nitrogen and oxygen atoms in total. The van der Waals surface area contributed by atoms with E-state index >= 15 is 0 Å². The lowest BCUT2D eigenvalue weighted by Gasteiger charge is -2.20. The third-order valence-electron chi connectivity index (χ3n) is 10.4. The molecule has 0 spiro atoms. The molecule has 0 saturated heterocycles. The lowest BCUT2D eigenvalue weighted by atomic mass is 10.0. The molecule has 0 saturated carbocycles. The van der Waals surface area contributed by atoms with E-state index in [0.29, 0.717) is 13.0 Å². The van der Waals surface area contributed by atoms with Crippen LogP contribution in [-0.2, 0) is 32.7 Å². The van der Waals surface area contributed by atoms with Gasteiger partial charge < -0.3 is 25.2 Å². The number of hydrogen-bond donors (Lipinski definition) is 3. The number of unbranched alkanes of at least 4 members (excludes halogenated alkanes) is 24. The van der Waals surface area contributed by atoms with Gasteiger partial charge in [0.15, 0.2) is 0 Å². The summed E-state index contributed by atoms with van der Waals surface area (Å²) in [6, 6.07) is -1.47. The van der Waals surface area contributed by atoms with Crippen molar-refractivity contribution in [1.82, 2.24) is 0 Å². The molecule has 0 radical (unpaired) electrons. The number of carboxylic acid groups (broad SMARTS) is 1. The van der Waals surface area contributed by atoms with Crippen LogP contribution in [0, 0.1) is 0 Å². The van der Waals surface area contributed by atoms with Gasteiger partial charge in [-0.3, -0.25) is 18.6 Å². The largest absolute Gasteiger partial charge is 0.480 e. The Morgan fingerprint density at radius 3 is 1.45 bits per heavy atom. The van der Waals surface area contributed by atoms with Crippen molar-refractivity contribution >= 4 is 19.8 Å². The van der Waals surface area contributed by atoms with E-state index in [2.05, 4.69) is 62.5 Å². The molecule has 4 N–H and O–H groups in total. The molecule has 0 aromatic carbocycles. The van der Waals surface area contributed by atoms with Crippen LogP contribution in [0.4, 0.5) is 0 Å². The summed E-state index contributed by atoms with van der Waals surface area (Å²) in [5.74, 6) is -1.78. The number of rotatable bonds is 46. The Bertz CT molecular complexity index is 1140. The molecular weight excluding hydrogens is 778 g/mol. The molecular formula is C49H90NO9P. The van der Waals surface area contributed by atoms with E-state index in [0.717, 1.165) is 70.6 Å². The van der Waals surface area contributed by atoms with Crippen LogP contribution in [0.2, 0.25) is 0 Å². The van der Waals surface area contributed by atoms with Crippen molar-refractivity contribution < 1.29 is 42.7 Å². The van der Waals surface area contributed by atoms with E-state index in [1.807, 2.05) is 0 Å². The Morgan fingerprint density at radius 2 is 0.967 bits per heavy atom. The van der Waals surface area contributed by atoms with E-state index in [4.69, 9.17) is 29.4 Å². The van der Waals surface area contributed by atoms with Gasteiger partial charge in [-0.1, -0.05) is 204 Å². The van der Waals surface area contributed by atoms with E-state index in [1.54, 1.807) is 0 Å². The lowest BCUT2D eigenvalue weighted by Crippen LogP contribution is -2.34. The molecule has 0 amide bonds. The highest BCUT2D eigenvalue weighted by Gasteiger charge is 2.27. The monoisotopic (exact) mass is 868 g/mol. The number of phosphoric ester groups is 1. The number of allylic oxidation sites excluding steroid dienone is 8. The van der Waals surface area contributed by atoms with Crippen molar-refractivity contribution in [3.8, 4) is 0 Å². The molecule has 350 valence electrons. The van der Waals surface area contributed by atoms with Crippen molar-refractivity contribution in [2.24, 2.45) is 5.73 Å². The number of esters is 1. The van der Waals surface area contributed by atoms with Crippen LogP contribution in [0.25, 0.3) is 0 Å². The molecule has 0 heterocycles. The SMILES string of the molecule is CC/C=C\C/C=C\C/C=C\C/C=C\CCCCCCCCCCC(=O)OC(COCCCCCCCCCCCCCCCCCCC)COP(=O)(O)OCC(N)C(=O)O. The predicted octanol–water partition coefficient (Wildman–Crippen LogP) is 13.8. The van der Waals surface area contributed by atoms with Gasteiger partial charge in [0.25, 0.3) is 0 Å². The second-order valence-electron chi connectivity index (χ2n) is 16.2. The Hall–Kier alpha value is -2.07. The number of aliphatic carboxylic acids is 1. The first-order valence-electron chi connectivity index (χ1n) is 24.2. The zero-order valence-corrected chi connectivity index (χ0v) is 39.2. The number of carbonyl (C=O) groups excluding carboxylic acids is 1. The highest BCUT2D eigenvalue weighted by Crippen LogP contribution is 2.43. The van der Waals surface area contributed by atoms with Gasteiger partial charge in [-0.2, -0.15) is 0 Å². The Morgan fingerprint density at radius 1 is 0.550 bits per heavy atom. The first-order valence-corrected chi connectivity index (χ1v) is 25.7. The average Bonchev–Trinajstić information content (AvgIpc) is 3.23. The molecule has 0 aliphatic heterocycles. The normalized spacial score (nSPS) is 14.2. The topological polar surface area (TPSA) is 155 Å². The maximum Gasteiger partial charge on any atom is 0.472 e. The van der Waals surface area contributed by atoms with Gasteiger partial charge in [-0.25, -0.2) is 4.57 Å². The quantitative estimate of drug-likeness (QED) is 0.0233. The zero-order chi connectivity index (χ0) is 44.0. The minimum absolute atomic E-state index is 0.0154. The smallest absolute Gasteiger partial charge is 0.472 e. The molecule has 0 aromatic heterocycles. The summed E-state index contributed by atoms with van der Waals surface area (Å²) >= 11 is 0. The number of carbonyl (C=O) groups is 2. The van der Waals surface area contributed by atoms with Gasteiger partial charge in [0.2, 0.25) is 0 Å². The summed E-state index contributed by atoms with van der Waals surface area (Å²) in [4.78, 5) is 33.6. The number of ether oxygens (including phenoxy) is 2. The molecule has 3 atom stereocenters. The average molecular weight is 868 g/mol. The molecule has 0 aliphatic rings. The van der Waals surface area contributed by atoms with E-state index in [9.17, 15) is 19.0 Å². The number of carboxylic acids is 1. The fraction of sp³-hybridized carbons (Fsp3) is 0.796. The van der Waals surface area contributed by atoms with Gasteiger partial charge >= 0.3 is 19.8 Å². The Balaban J connectivity index is 4.18. The standard InChI is InChI=1S/C49H90NO9P/c1-3-5-7-9-11-13-15-17-19-21-22-23-24-25-27-29-31-33-35-37-39-41-48(51)59-46(44-57-60(54,55)58-45-47(50)49(52)53)43-56-42-40-38-36-34-32-30-28-26-20-18-16-14-12-10-8-6-4-2/h5,7,11,13,17,19,22-23,46-47H,3-4,6,8-10,12,14-16,18,20-21,24-45,50H2,1-2H3,(H,52,53)(H,54,55)/b7-5-,13-11-,19-17-,23-22-. The third-order valence-corrected chi connectivity index (χ3v) is 11.3. The molecule has 0 bridgehead atoms. The fourth-order valence-electron chi connectivity index (χ4n) is 6.65. The van der Waals surface area contributed by atoms with E-state index in [1.165, 1.54) is 116 Å². The second-order valence-corrected chi connectivity index (χ2v) is 17.7. The summed E-state index contributed by atoms with van der Waals surface area (Å²) in [6.07, 6.45) is 53.0. The summed E-state index contributed by atoms with van der Waals surface area (Å²) in [5, 5.41) is 8.92. The summed E-state index contributed by atoms with van der Waals surface area (Å²) in [6.45, 7) is 3.79.